The van der Waals surface area contributed by atoms with Crippen LogP contribution in [-0.4, -0.2) is 29.6 Å². The Kier molecular flexibility index (Phi) is 4.27. The highest BCUT2D eigenvalue weighted by atomic mass is 15.2. The molecule has 0 aromatic carbocycles. The van der Waals surface area contributed by atoms with E-state index >= 15 is 0 Å². The second kappa shape index (κ2) is 5.76. The molecule has 1 aromatic heterocycles. The van der Waals surface area contributed by atoms with E-state index < -0.39 is 0 Å². The molecule has 0 amide bonds. The van der Waals surface area contributed by atoms with Crippen molar-refractivity contribution in [1.82, 2.24) is 9.97 Å². The molecular formula is C15H26N4. The SMILES string of the molecule is CCC1CCCN1c1nc(C(C)C)nc(NC)c1C. The zero-order valence-corrected chi connectivity index (χ0v) is 12.8. The van der Waals surface area contributed by atoms with Crippen molar-refractivity contribution in [1.29, 1.82) is 0 Å². The van der Waals surface area contributed by atoms with Crippen LogP contribution in [0.1, 0.15) is 57.3 Å². The van der Waals surface area contributed by atoms with Gasteiger partial charge in [0.2, 0.25) is 0 Å². The van der Waals surface area contributed by atoms with Crippen molar-refractivity contribution in [2.45, 2.75) is 58.9 Å². The topological polar surface area (TPSA) is 41.1 Å². The second-order valence-electron chi connectivity index (χ2n) is 5.68. The highest BCUT2D eigenvalue weighted by molar-refractivity contribution is 5.59. The van der Waals surface area contributed by atoms with Crippen molar-refractivity contribution in [2.24, 2.45) is 0 Å². The van der Waals surface area contributed by atoms with Crippen molar-refractivity contribution in [3.8, 4) is 0 Å². The average molecular weight is 262 g/mol. The Morgan fingerprint density at radius 1 is 1.37 bits per heavy atom. The van der Waals surface area contributed by atoms with Crippen LogP contribution in [0.25, 0.3) is 0 Å². The third-order valence-electron chi connectivity index (χ3n) is 4.01. The number of anilines is 2. The monoisotopic (exact) mass is 262 g/mol. The summed E-state index contributed by atoms with van der Waals surface area (Å²) in [6.07, 6.45) is 3.75. The lowest BCUT2D eigenvalue weighted by atomic mass is 10.1. The first-order valence-corrected chi connectivity index (χ1v) is 7.41. The van der Waals surface area contributed by atoms with Crippen LogP contribution in [0.5, 0.6) is 0 Å². The number of hydrogen-bond donors (Lipinski definition) is 1. The van der Waals surface area contributed by atoms with Gasteiger partial charge in [0, 0.05) is 31.1 Å². The third-order valence-corrected chi connectivity index (χ3v) is 4.01. The van der Waals surface area contributed by atoms with Gasteiger partial charge in [0.15, 0.2) is 0 Å². The first-order chi connectivity index (χ1) is 9.08. The van der Waals surface area contributed by atoms with Crippen LogP contribution in [0.4, 0.5) is 11.6 Å². The molecule has 1 aliphatic rings. The van der Waals surface area contributed by atoms with Gasteiger partial charge in [0.05, 0.1) is 0 Å². The molecule has 0 spiro atoms. The van der Waals surface area contributed by atoms with Gasteiger partial charge in [0.1, 0.15) is 17.5 Å². The molecule has 1 N–H and O–H groups in total. The summed E-state index contributed by atoms with van der Waals surface area (Å²) in [5.74, 6) is 3.39. The molecule has 0 saturated carbocycles. The number of aromatic nitrogens is 2. The van der Waals surface area contributed by atoms with Gasteiger partial charge in [-0.05, 0) is 26.2 Å². The molecule has 1 saturated heterocycles. The Morgan fingerprint density at radius 3 is 2.68 bits per heavy atom. The van der Waals surface area contributed by atoms with Gasteiger partial charge in [-0.1, -0.05) is 20.8 Å². The van der Waals surface area contributed by atoms with E-state index in [1.807, 2.05) is 7.05 Å². The van der Waals surface area contributed by atoms with Gasteiger partial charge in [-0.3, -0.25) is 0 Å². The maximum absolute atomic E-state index is 4.84. The summed E-state index contributed by atoms with van der Waals surface area (Å²) in [7, 11) is 1.94. The van der Waals surface area contributed by atoms with E-state index in [4.69, 9.17) is 4.98 Å². The molecule has 0 aliphatic carbocycles. The molecular weight excluding hydrogens is 236 g/mol. The molecule has 1 atom stereocenters. The quantitative estimate of drug-likeness (QED) is 0.903. The molecule has 1 fully saturated rings. The predicted octanol–water partition coefficient (Wildman–Crippen LogP) is 3.33. The summed E-state index contributed by atoms with van der Waals surface area (Å²) in [4.78, 5) is 11.9. The van der Waals surface area contributed by atoms with Crippen LogP contribution in [0, 0.1) is 6.92 Å². The van der Waals surface area contributed by atoms with Crippen molar-refractivity contribution >= 4 is 11.6 Å². The zero-order chi connectivity index (χ0) is 14.0. The number of hydrogen-bond acceptors (Lipinski definition) is 4. The largest absolute Gasteiger partial charge is 0.373 e. The van der Waals surface area contributed by atoms with Crippen LogP contribution in [0.3, 0.4) is 0 Å². The van der Waals surface area contributed by atoms with Crippen LogP contribution in [-0.2, 0) is 0 Å². The minimum atomic E-state index is 0.356. The Labute approximate surface area is 116 Å². The molecule has 19 heavy (non-hydrogen) atoms. The number of nitrogens with zero attached hydrogens (tertiary/aromatic N) is 3. The van der Waals surface area contributed by atoms with E-state index in [1.165, 1.54) is 24.8 Å². The zero-order valence-electron chi connectivity index (χ0n) is 12.8. The molecule has 1 aromatic rings. The molecule has 1 aliphatic heterocycles. The van der Waals surface area contributed by atoms with Gasteiger partial charge in [-0.25, -0.2) is 9.97 Å². The maximum Gasteiger partial charge on any atom is 0.137 e. The van der Waals surface area contributed by atoms with Crippen molar-refractivity contribution in [3.63, 3.8) is 0 Å². The van der Waals surface area contributed by atoms with Gasteiger partial charge >= 0.3 is 0 Å². The Morgan fingerprint density at radius 2 is 2.11 bits per heavy atom. The summed E-state index contributed by atoms with van der Waals surface area (Å²) in [6, 6.07) is 0.637. The lowest BCUT2D eigenvalue weighted by Gasteiger charge is -2.27. The molecule has 2 heterocycles. The highest BCUT2D eigenvalue weighted by Crippen LogP contribution is 2.31. The molecule has 106 valence electrons. The Hall–Kier alpha value is -1.32. The van der Waals surface area contributed by atoms with Crippen LogP contribution in [0.2, 0.25) is 0 Å². The molecule has 1 unspecified atom stereocenters. The van der Waals surface area contributed by atoms with Crippen LogP contribution < -0.4 is 10.2 Å². The van der Waals surface area contributed by atoms with Crippen molar-refractivity contribution in [3.05, 3.63) is 11.4 Å². The molecule has 4 nitrogen and oxygen atoms in total. The summed E-state index contributed by atoms with van der Waals surface area (Å²) < 4.78 is 0. The lowest BCUT2D eigenvalue weighted by molar-refractivity contribution is 0.635. The van der Waals surface area contributed by atoms with Crippen molar-refractivity contribution in [2.75, 3.05) is 23.8 Å². The summed E-state index contributed by atoms with van der Waals surface area (Å²) in [6.45, 7) is 9.81. The first-order valence-electron chi connectivity index (χ1n) is 7.41. The van der Waals surface area contributed by atoms with Crippen LogP contribution in [0.15, 0.2) is 0 Å². The fourth-order valence-corrected chi connectivity index (χ4v) is 2.84. The van der Waals surface area contributed by atoms with E-state index in [0.29, 0.717) is 12.0 Å². The maximum atomic E-state index is 4.84. The fourth-order valence-electron chi connectivity index (χ4n) is 2.84. The summed E-state index contributed by atoms with van der Waals surface area (Å²) in [5, 5.41) is 3.21. The second-order valence-corrected chi connectivity index (χ2v) is 5.68. The lowest BCUT2D eigenvalue weighted by Crippen LogP contribution is -2.30. The molecule has 4 heteroatoms. The van der Waals surface area contributed by atoms with Gasteiger partial charge in [0.25, 0.3) is 0 Å². The fraction of sp³-hybridized carbons (Fsp3) is 0.733. The van der Waals surface area contributed by atoms with E-state index in [9.17, 15) is 0 Å². The number of nitrogens with one attached hydrogen (secondary N) is 1. The molecule has 2 rings (SSSR count). The van der Waals surface area contributed by atoms with Crippen molar-refractivity contribution < 1.29 is 0 Å². The van der Waals surface area contributed by atoms with Crippen LogP contribution >= 0.6 is 0 Å². The minimum absolute atomic E-state index is 0.356. The summed E-state index contributed by atoms with van der Waals surface area (Å²) in [5.41, 5.74) is 1.17. The van der Waals surface area contributed by atoms with E-state index in [0.717, 1.165) is 24.0 Å². The van der Waals surface area contributed by atoms with Gasteiger partial charge in [-0.15, -0.1) is 0 Å². The highest BCUT2D eigenvalue weighted by Gasteiger charge is 2.27. The normalized spacial score (nSPS) is 19.3. The Balaban J connectivity index is 2.45. The number of rotatable bonds is 4. The molecule has 0 radical (unpaired) electrons. The van der Waals surface area contributed by atoms with E-state index in [1.54, 1.807) is 0 Å². The molecule has 0 bridgehead atoms. The summed E-state index contributed by atoms with van der Waals surface area (Å²) >= 11 is 0. The smallest absolute Gasteiger partial charge is 0.137 e. The first kappa shape index (κ1) is 14.1. The predicted molar refractivity (Wildman–Crippen MR) is 81.1 cm³/mol. The van der Waals surface area contributed by atoms with Gasteiger partial charge < -0.3 is 10.2 Å². The van der Waals surface area contributed by atoms with E-state index in [2.05, 4.69) is 42.9 Å². The minimum Gasteiger partial charge on any atom is -0.373 e. The van der Waals surface area contributed by atoms with Gasteiger partial charge in [-0.2, -0.15) is 0 Å². The Bertz CT molecular complexity index is 442. The average Bonchev–Trinajstić information content (AvgIpc) is 2.86. The third kappa shape index (κ3) is 2.67. The van der Waals surface area contributed by atoms with E-state index in [-0.39, 0.29) is 0 Å². The standard InChI is InChI=1S/C15H26N4/c1-6-12-8-7-9-19(12)15-11(4)14(16-5)17-13(18-15)10(2)3/h10,12H,6-9H2,1-5H3,(H,16,17,18).